The third kappa shape index (κ3) is 2.69. The zero-order valence-corrected chi connectivity index (χ0v) is 13.3. The van der Waals surface area contributed by atoms with Crippen molar-refractivity contribution in [1.82, 2.24) is 20.4 Å². The fourth-order valence-electron chi connectivity index (χ4n) is 2.70. The zero-order chi connectivity index (χ0) is 16.5. The SMILES string of the molecule is O=C(Nc1cc(-c2cccs2)[nH]n1)[C@H]1CC(=O)N(c2cn[nH]c2)C1. The van der Waals surface area contributed by atoms with Crippen molar-refractivity contribution in [2.24, 2.45) is 5.92 Å². The van der Waals surface area contributed by atoms with Crippen LogP contribution in [0.15, 0.2) is 36.0 Å². The van der Waals surface area contributed by atoms with E-state index in [1.165, 1.54) is 0 Å². The predicted molar refractivity (Wildman–Crippen MR) is 89.6 cm³/mol. The smallest absolute Gasteiger partial charge is 0.231 e. The number of carbonyl (C=O) groups excluding carboxylic acids is 2. The van der Waals surface area contributed by atoms with Crippen molar-refractivity contribution in [2.45, 2.75) is 6.42 Å². The van der Waals surface area contributed by atoms with Gasteiger partial charge in [0.05, 0.1) is 28.4 Å². The minimum Gasteiger partial charge on any atom is -0.309 e. The van der Waals surface area contributed by atoms with Crippen LogP contribution in [0.25, 0.3) is 10.6 Å². The van der Waals surface area contributed by atoms with Crippen molar-refractivity contribution in [3.05, 3.63) is 36.0 Å². The molecule has 0 unspecified atom stereocenters. The number of aromatic nitrogens is 4. The summed E-state index contributed by atoms with van der Waals surface area (Å²) in [4.78, 5) is 27.1. The number of aromatic amines is 2. The van der Waals surface area contributed by atoms with Gasteiger partial charge in [-0.15, -0.1) is 11.3 Å². The number of nitrogens with zero attached hydrogens (tertiary/aromatic N) is 3. The molecular formula is C15H14N6O2S. The molecule has 0 aliphatic carbocycles. The summed E-state index contributed by atoms with van der Waals surface area (Å²) < 4.78 is 0. The number of amides is 2. The Morgan fingerprint density at radius 1 is 1.46 bits per heavy atom. The van der Waals surface area contributed by atoms with Crippen molar-refractivity contribution in [3.8, 4) is 10.6 Å². The molecule has 3 aromatic heterocycles. The van der Waals surface area contributed by atoms with Gasteiger partial charge in [0, 0.05) is 25.2 Å². The average Bonchev–Trinajstić information content (AvgIpc) is 3.34. The molecule has 1 saturated heterocycles. The molecule has 0 spiro atoms. The van der Waals surface area contributed by atoms with Gasteiger partial charge in [0.1, 0.15) is 0 Å². The van der Waals surface area contributed by atoms with Crippen LogP contribution in [0.5, 0.6) is 0 Å². The number of hydrogen-bond acceptors (Lipinski definition) is 5. The van der Waals surface area contributed by atoms with Gasteiger partial charge >= 0.3 is 0 Å². The van der Waals surface area contributed by atoms with Gasteiger partial charge in [0.25, 0.3) is 0 Å². The number of carbonyl (C=O) groups is 2. The predicted octanol–water partition coefficient (Wildman–Crippen LogP) is 1.85. The van der Waals surface area contributed by atoms with Crippen molar-refractivity contribution in [1.29, 1.82) is 0 Å². The quantitative estimate of drug-likeness (QED) is 0.672. The van der Waals surface area contributed by atoms with Crippen molar-refractivity contribution >= 4 is 34.7 Å². The summed E-state index contributed by atoms with van der Waals surface area (Å²) in [6, 6.07) is 5.71. The van der Waals surface area contributed by atoms with Gasteiger partial charge in [0.2, 0.25) is 11.8 Å². The Labute approximate surface area is 140 Å². The lowest BCUT2D eigenvalue weighted by atomic mass is 10.1. The Morgan fingerprint density at radius 3 is 3.12 bits per heavy atom. The first-order chi connectivity index (χ1) is 11.7. The molecule has 0 bridgehead atoms. The number of anilines is 2. The van der Waals surface area contributed by atoms with Crippen molar-refractivity contribution in [3.63, 3.8) is 0 Å². The zero-order valence-electron chi connectivity index (χ0n) is 12.5. The van der Waals surface area contributed by atoms with Gasteiger partial charge in [-0.05, 0) is 11.4 Å². The van der Waals surface area contributed by atoms with E-state index in [1.54, 1.807) is 34.7 Å². The van der Waals surface area contributed by atoms with E-state index in [9.17, 15) is 9.59 Å². The van der Waals surface area contributed by atoms with E-state index in [2.05, 4.69) is 25.7 Å². The number of thiophene rings is 1. The van der Waals surface area contributed by atoms with E-state index in [4.69, 9.17) is 0 Å². The largest absolute Gasteiger partial charge is 0.309 e. The van der Waals surface area contributed by atoms with E-state index in [0.717, 1.165) is 10.6 Å². The van der Waals surface area contributed by atoms with E-state index >= 15 is 0 Å². The van der Waals surface area contributed by atoms with Gasteiger partial charge in [-0.25, -0.2) is 0 Å². The van der Waals surface area contributed by atoms with Gasteiger partial charge in [-0.3, -0.25) is 19.8 Å². The lowest BCUT2D eigenvalue weighted by Crippen LogP contribution is -2.27. The van der Waals surface area contributed by atoms with Crippen LogP contribution in [0.2, 0.25) is 0 Å². The van der Waals surface area contributed by atoms with Crippen LogP contribution in [0.1, 0.15) is 6.42 Å². The molecular weight excluding hydrogens is 328 g/mol. The highest BCUT2D eigenvalue weighted by Crippen LogP contribution is 2.27. The van der Waals surface area contributed by atoms with Gasteiger partial charge in [-0.1, -0.05) is 6.07 Å². The maximum absolute atomic E-state index is 12.4. The Kier molecular flexibility index (Phi) is 3.62. The van der Waals surface area contributed by atoms with Crippen LogP contribution in [-0.4, -0.2) is 38.8 Å². The van der Waals surface area contributed by atoms with E-state index in [-0.39, 0.29) is 18.2 Å². The van der Waals surface area contributed by atoms with E-state index < -0.39 is 5.92 Å². The molecule has 122 valence electrons. The molecule has 1 aliphatic rings. The van der Waals surface area contributed by atoms with E-state index in [0.29, 0.717) is 18.1 Å². The maximum atomic E-state index is 12.4. The number of nitrogens with one attached hydrogen (secondary N) is 3. The summed E-state index contributed by atoms with van der Waals surface area (Å²) in [6.07, 6.45) is 3.39. The van der Waals surface area contributed by atoms with Crippen molar-refractivity contribution in [2.75, 3.05) is 16.8 Å². The molecule has 1 atom stereocenters. The second kappa shape index (κ2) is 5.93. The molecule has 3 N–H and O–H groups in total. The monoisotopic (exact) mass is 342 g/mol. The third-order valence-electron chi connectivity index (χ3n) is 3.91. The fourth-order valence-corrected chi connectivity index (χ4v) is 3.39. The first kappa shape index (κ1) is 14.6. The topological polar surface area (TPSA) is 107 Å². The lowest BCUT2D eigenvalue weighted by molar-refractivity contribution is -0.122. The average molecular weight is 342 g/mol. The Balaban J connectivity index is 1.43. The Morgan fingerprint density at radius 2 is 2.38 bits per heavy atom. The van der Waals surface area contributed by atoms with Crippen LogP contribution in [0.3, 0.4) is 0 Å². The van der Waals surface area contributed by atoms with Crippen LogP contribution >= 0.6 is 11.3 Å². The first-order valence-corrected chi connectivity index (χ1v) is 8.28. The molecule has 2 amide bonds. The molecule has 4 rings (SSSR count). The summed E-state index contributed by atoms with van der Waals surface area (Å²) in [6.45, 7) is 0.340. The van der Waals surface area contributed by atoms with Crippen LogP contribution in [0, 0.1) is 5.92 Å². The second-order valence-electron chi connectivity index (χ2n) is 5.50. The van der Waals surface area contributed by atoms with Crippen LogP contribution < -0.4 is 10.2 Å². The molecule has 0 radical (unpaired) electrons. The van der Waals surface area contributed by atoms with Gasteiger partial charge in [-0.2, -0.15) is 10.2 Å². The van der Waals surface area contributed by atoms with Crippen molar-refractivity contribution < 1.29 is 9.59 Å². The molecule has 1 fully saturated rings. The summed E-state index contributed by atoms with van der Waals surface area (Å²) in [5.41, 5.74) is 1.53. The lowest BCUT2D eigenvalue weighted by Gasteiger charge is -2.13. The standard InChI is InChI=1S/C15H14N6O2S/c22-14-4-9(8-21(14)10-6-16-17-7-10)15(23)18-13-5-11(19-20-13)12-2-1-3-24-12/h1-3,5-7,9H,4,8H2,(H,16,17)(H2,18,19,20,23)/t9-/m0/s1. The number of rotatable bonds is 4. The van der Waals surface area contributed by atoms with Crippen LogP contribution in [0.4, 0.5) is 11.5 Å². The Hall–Kier alpha value is -2.94. The first-order valence-electron chi connectivity index (χ1n) is 7.40. The maximum Gasteiger partial charge on any atom is 0.231 e. The molecule has 24 heavy (non-hydrogen) atoms. The summed E-state index contributed by atoms with van der Waals surface area (Å²) in [5, 5.41) is 18.3. The molecule has 1 aliphatic heterocycles. The number of H-pyrrole nitrogens is 2. The summed E-state index contributed by atoms with van der Waals surface area (Å²) in [7, 11) is 0. The van der Waals surface area contributed by atoms with Gasteiger partial charge in [0.15, 0.2) is 5.82 Å². The van der Waals surface area contributed by atoms with Gasteiger partial charge < -0.3 is 10.2 Å². The molecule has 9 heteroatoms. The molecule has 0 saturated carbocycles. The molecule has 0 aromatic carbocycles. The summed E-state index contributed by atoms with van der Waals surface area (Å²) >= 11 is 1.59. The Bertz CT molecular complexity index is 855. The molecule has 8 nitrogen and oxygen atoms in total. The minimum atomic E-state index is -0.408. The second-order valence-corrected chi connectivity index (χ2v) is 6.44. The third-order valence-corrected chi connectivity index (χ3v) is 4.81. The minimum absolute atomic E-state index is 0.0853. The number of hydrogen-bond donors (Lipinski definition) is 3. The van der Waals surface area contributed by atoms with Crippen LogP contribution in [-0.2, 0) is 9.59 Å². The highest BCUT2D eigenvalue weighted by Gasteiger charge is 2.35. The normalized spacial score (nSPS) is 17.4. The molecule has 4 heterocycles. The highest BCUT2D eigenvalue weighted by molar-refractivity contribution is 7.13. The molecule has 3 aromatic rings. The fraction of sp³-hybridized carbons (Fsp3) is 0.200. The summed E-state index contributed by atoms with van der Waals surface area (Å²) in [5.74, 6) is -0.247. The van der Waals surface area contributed by atoms with E-state index in [1.807, 2.05) is 17.5 Å². The highest BCUT2D eigenvalue weighted by atomic mass is 32.1.